The van der Waals surface area contributed by atoms with Gasteiger partial charge in [-0.1, -0.05) is 0 Å². The zero-order chi connectivity index (χ0) is 15.8. The molecule has 2 rings (SSSR count). The van der Waals surface area contributed by atoms with E-state index in [-0.39, 0.29) is 0 Å². The second kappa shape index (κ2) is 8.73. The average Bonchev–Trinajstić information content (AvgIpc) is 2.88. The average molecular weight is 317 g/mol. The Labute approximate surface area is 126 Å². The van der Waals surface area contributed by atoms with Crippen molar-refractivity contribution in [3.63, 3.8) is 0 Å². The molecule has 2 heterocycles. The van der Waals surface area contributed by atoms with Crippen molar-refractivity contribution in [1.29, 1.82) is 0 Å². The normalized spacial score (nSPS) is 18.1. The second-order valence-corrected chi connectivity index (χ2v) is 5.38. The predicted molar refractivity (Wildman–Crippen MR) is 76.5 cm³/mol. The molecule has 0 aliphatic carbocycles. The number of ether oxygens (including phenoxy) is 1. The summed E-state index contributed by atoms with van der Waals surface area (Å²) >= 11 is 1.81. The number of hydrogen-bond acceptors (Lipinski definition) is 6. The van der Waals surface area contributed by atoms with E-state index in [0.29, 0.717) is 6.10 Å². The summed E-state index contributed by atoms with van der Waals surface area (Å²) in [6, 6.07) is 2.21. The molecule has 1 aromatic heterocycles. The fraction of sp³-hybridized carbons (Fsp3) is 0.538. The van der Waals surface area contributed by atoms with Crippen LogP contribution in [0.2, 0.25) is 0 Å². The smallest absolute Gasteiger partial charge is 0.333 e. The van der Waals surface area contributed by atoms with Gasteiger partial charge in [0.1, 0.15) is 6.10 Å². The first-order valence-electron chi connectivity index (χ1n) is 6.40. The zero-order valence-electron chi connectivity index (χ0n) is 11.6. The number of carbonyl (C=O) groups is 2. The summed E-state index contributed by atoms with van der Waals surface area (Å²) in [5.74, 6) is -2.85. The molecule has 8 heteroatoms. The Bertz CT molecular complexity index is 475. The zero-order valence-corrected chi connectivity index (χ0v) is 12.4. The van der Waals surface area contributed by atoms with Crippen LogP contribution in [-0.4, -0.2) is 53.6 Å². The molecular weight excluding hydrogens is 298 g/mol. The van der Waals surface area contributed by atoms with Crippen molar-refractivity contribution in [2.75, 3.05) is 20.2 Å². The predicted octanol–water partition coefficient (Wildman–Crippen LogP) is 0.488. The van der Waals surface area contributed by atoms with Crippen LogP contribution < -0.4 is 5.32 Å². The van der Waals surface area contributed by atoms with Crippen molar-refractivity contribution in [3.05, 3.63) is 21.9 Å². The van der Waals surface area contributed by atoms with Gasteiger partial charge < -0.3 is 25.4 Å². The summed E-state index contributed by atoms with van der Waals surface area (Å²) in [5.41, 5.74) is 1.48. The Hall–Kier alpha value is -1.48. The standard InChI is InChI=1S/C9H13NOS.C4H6O5/c1-10-6-8-9-7(2-4-11-8)3-5-12-9;5-2(4(8)9)1-3(6)7/h3,5,8,10H,2,4,6H2,1H3;2,5H,1H2,(H,6,7)(H,8,9). The highest BCUT2D eigenvalue weighted by molar-refractivity contribution is 7.10. The van der Waals surface area contributed by atoms with Crippen molar-refractivity contribution in [1.82, 2.24) is 5.32 Å². The third-order valence-corrected chi connectivity index (χ3v) is 3.86. The summed E-state index contributed by atoms with van der Waals surface area (Å²) in [7, 11) is 1.96. The largest absolute Gasteiger partial charge is 0.481 e. The first kappa shape index (κ1) is 17.6. The fourth-order valence-corrected chi connectivity index (χ4v) is 2.82. The first-order chi connectivity index (χ1) is 9.95. The molecule has 4 N–H and O–H groups in total. The van der Waals surface area contributed by atoms with Crippen molar-refractivity contribution in [2.24, 2.45) is 0 Å². The monoisotopic (exact) mass is 317 g/mol. The molecule has 2 atom stereocenters. The minimum Gasteiger partial charge on any atom is -0.481 e. The van der Waals surface area contributed by atoms with Crippen molar-refractivity contribution in [3.8, 4) is 0 Å². The van der Waals surface area contributed by atoms with E-state index in [0.717, 1.165) is 19.6 Å². The highest BCUT2D eigenvalue weighted by atomic mass is 32.1. The number of rotatable bonds is 5. The minimum absolute atomic E-state index is 0.291. The third kappa shape index (κ3) is 5.80. The molecule has 0 radical (unpaired) electrons. The molecule has 1 aliphatic heterocycles. The van der Waals surface area contributed by atoms with Crippen molar-refractivity contribution >= 4 is 23.3 Å². The lowest BCUT2D eigenvalue weighted by Gasteiger charge is -2.22. The number of thiophene rings is 1. The van der Waals surface area contributed by atoms with Gasteiger partial charge in [-0.05, 0) is 30.5 Å². The molecule has 0 spiro atoms. The molecule has 21 heavy (non-hydrogen) atoms. The Morgan fingerprint density at radius 3 is 2.76 bits per heavy atom. The van der Waals surface area contributed by atoms with Crippen LogP contribution in [0, 0.1) is 0 Å². The summed E-state index contributed by atoms with van der Waals surface area (Å²) in [6.07, 6.45) is -1.17. The van der Waals surface area contributed by atoms with Crippen LogP contribution >= 0.6 is 11.3 Å². The number of aliphatic hydroxyl groups is 1. The molecule has 0 amide bonds. The van der Waals surface area contributed by atoms with Gasteiger partial charge >= 0.3 is 11.9 Å². The van der Waals surface area contributed by atoms with Crippen LogP contribution in [-0.2, 0) is 20.7 Å². The highest BCUT2D eigenvalue weighted by Gasteiger charge is 2.20. The van der Waals surface area contributed by atoms with E-state index in [1.807, 2.05) is 18.4 Å². The van der Waals surface area contributed by atoms with Crippen LogP contribution in [0.15, 0.2) is 11.4 Å². The number of nitrogens with one attached hydrogen (secondary N) is 1. The molecule has 2 unspecified atom stereocenters. The van der Waals surface area contributed by atoms with Crippen LogP contribution in [0.25, 0.3) is 0 Å². The summed E-state index contributed by atoms with van der Waals surface area (Å²) in [5, 5.41) is 29.4. The van der Waals surface area contributed by atoms with E-state index >= 15 is 0 Å². The number of carboxylic acids is 2. The van der Waals surface area contributed by atoms with Crippen molar-refractivity contribution in [2.45, 2.75) is 25.0 Å². The molecule has 7 nitrogen and oxygen atoms in total. The van der Waals surface area contributed by atoms with Gasteiger partial charge in [0.2, 0.25) is 0 Å². The van der Waals surface area contributed by atoms with Gasteiger partial charge in [-0.15, -0.1) is 11.3 Å². The van der Waals surface area contributed by atoms with E-state index in [1.54, 1.807) is 0 Å². The number of aliphatic carboxylic acids is 2. The Morgan fingerprint density at radius 1 is 1.52 bits per heavy atom. The maximum absolute atomic E-state index is 9.72. The summed E-state index contributed by atoms with van der Waals surface area (Å²) < 4.78 is 5.65. The number of aliphatic hydroxyl groups excluding tert-OH is 1. The highest BCUT2D eigenvalue weighted by Crippen LogP contribution is 2.30. The number of hydrogen-bond donors (Lipinski definition) is 4. The molecule has 1 aliphatic rings. The summed E-state index contributed by atoms with van der Waals surface area (Å²) in [4.78, 5) is 20.8. The SMILES string of the molecule is CNCC1OCCc2ccsc21.O=C(O)CC(O)C(=O)O. The number of likely N-dealkylation sites (N-methyl/N-ethyl adjacent to an activating group) is 1. The lowest BCUT2D eigenvalue weighted by molar-refractivity contribution is -0.152. The molecule has 118 valence electrons. The van der Waals surface area contributed by atoms with Gasteiger partial charge in [0.15, 0.2) is 6.10 Å². The quantitative estimate of drug-likeness (QED) is 0.624. The van der Waals surface area contributed by atoms with Crippen molar-refractivity contribution < 1.29 is 29.6 Å². The second-order valence-electron chi connectivity index (χ2n) is 4.43. The Balaban J connectivity index is 0.000000222. The topological polar surface area (TPSA) is 116 Å². The van der Waals surface area contributed by atoms with Gasteiger partial charge in [-0.2, -0.15) is 0 Å². The molecule has 0 fully saturated rings. The van der Waals surface area contributed by atoms with Gasteiger partial charge in [0.25, 0.3) is 0 Å². The van der Waals surface area contributed by atoms with Gasteiger partial charge in [-0.25, -0.2) is 4.79 Å². The van der Waals surface area contributed by atoms with E-state index in [2.05, 4.69) is 16.8 Å². The maximum atomic E-state index is 9.72. The number of carboxylic acid groups (broad SMARTS) is 2. The molecule has 0 aromatic carbocycles. The molecular formula is C13H19NO6S. The Morgan fingerprint density at radius 2 is 2.24 bits per heavy atom. The molecule has 1 aromatic rings. The first-order valence-corrected chi connectivity index (χ1v) is 7.28. The lowest BCUT2D eigenvalue weighted by Crippen LogP contribution is -2.23. The maximum Gasteiger partial charge on any atom is 0.333 e. The summed E-state index contributed by atoms with van der Waals surface area (Å²) in [6.45, 7) is 1.80. The minimum atomic E-state index is -1.79. The van der Waals surface area contributed by atoms with E-state index in [9.17, 15) is 9.59 Å². The van der Waals surface area contributed by atoms with E-state index in [1.165, 1.54) is 10.4 Å². The van der Waals surface area contributed by atoms with Crippen LogP contribution in [0.5, 0.6) is 0 Å². The van der Waals surface area contributed by atoms with E-state index < -0.39 is 24.5 Å². The number of fused-ring (bicyclic) bond motifs is 1. The molecule has 0 saturated carbocycles. The van der Waals surface area contributed by atoms with Gasteiger partial charge in [0, 0.05) is 11.4 Å². The fourth-order valence-electron chi connectivity index (χ4n) is 1.81. The van der Waals surface area contributed by atoms with Gasteiger partial charge in [-0.3, -0.25) is 4.79 Å². The lowest BCUT2D eigenvalue weighted by atomic mass is 10.1. The van der Waals surface area contributed by atoms with Crippen LogP contribution in [0.3, 0.4) is 0 Å². The van der Waals surface area contributed by atoms with Gasteiger partial charge in [0.05, 0.1) is 13.0 Å². The Kier molecular flexibility index (Phi) is 7.30. The van der Waals surface area contributed by atoms with E-state index in [4.69, 9.17) is 20.1 Å². The van der Waals surface area contributed by atoms with Crippen LogP contribution in [0.1, 0.15) is 23.0 Å². The molecule has 0 saturated heterocycles. The van der Waals surface area contributed by atoms with Crippen LogP contribution in [0.4, 0.5) is 0 Å². The molecule has 0 bridgehead atoms. The third-order valence-electron chi connectivity index (χ3n) is 2.81.